The lowest BCUT2D eigenvalue weighted by Gasteiger charge is -2.16. The van der Waals surface area contributed by atoms with Crippen molar-refractivity contribution in [2.75, 3.05) is 0 Å². The zero-order valence-corrected chi connectivity index (χ0v) is 81.6. The molecule has 0 aliphatic heterocycles. The van der Waals surface area contributed by atoms with E-state index in [2.05, 4.69) is 490 Å². The molecule has 8 nitrogen and oxygen atoms in total. The van der Waals surface area contributed by atoms with Gasteiger partial charge in [0, 0.05) is 92.0 Å². The van der Waals surface area contributed by atoms with Crippen LogP contribution in [0.15, 0.2) is 522 Å². The molecular weight excluding hydrogens is 1810 g/mol. The van der Waals surface area contributed by atoms with Crippen LogP contribution in [0.25, 0.3) is 276 Å². The molecule has 0 spiro atoms. The molecule has 0 aliphatic rings. The summed E-state index contributed by atoms with van der Waals surface area (Å²) < 4.78 is 7.47. The summed E-state index contributed by atoms with van der Waals surface area (Å²) >= 11 is 1.87. The first-order valence-electron chi connectivity index (χ1n) is 50.2. The Balaban J connectivity index is 0.462. The van der Waals surface area contributed by atoms with Crippen LogP contribution in [0.5, 0.6) is 0 Å². The molecule has 0 N–H and O–H groups in total. The van der Waals surface area contributed by atoms with Gasteiger partial charge in [0.15, 0.2) is 23.3 Å². The molecule has 9 heteroatoms. The molecule has 21 aromatic carbocycles. The van der Waals surface area contributed by atoms with Crippen molar-refractivity contribution in [2.45, 2.75) is 6.92 Å². The number of thiophene rings is 1. The minimum Gasteiger partial charge on any atom is -0.309 e. The van der Waals surface area contributed by atoms with Crippen LogP contribution in [0, 0.1) is 0 Å². The van der Waals surface area contributed by atoms with E-state index < -0.39 is 0 Å². The second kappa shape index (κ2) is 37.2. The molecule has 0 atom stereocenters. The van der Waals surface area contributed by atoms with Gasteiger partial charge in [-0.3, -0.25) is 0 Å². The first-order valence-corrected chi connectivity index (χ1v) is 51.0. The van der Waals surface area contributed by atoms with Crippen LogP contribution in [-0.2, 0) is 0 Å². The van der Waals surface area contributed by atoms with E-state index in [-0.39, 0.29) is 0 Å². The fraction of sp³-hybridized carbons (Fsp3) is 0.00719. The van der Waals surface area contributed by atoms with Crippen LogP contribution >= 0.6 is 11.3 Å². The molecule has 27 aromatic rings. The van der Waals surface area contributed by atoms with Crippen LogP contribution in [0.4, 0.5) is 0 Å². The van der Waals surface area contributed by atoms with Crippen molar-refractivity contribution in [3.63, 3.8) is 0 Å². The summed E-state index contributed by atoms with van der Waals surface area (Å²) in [5.74, 6) is 2.38. The van der Waals surface area contributed by atoms with E-state index in [0.29, 0.717) is 23.3 Å². The normalized spacial score (nSPS) is 11.9. The molecule has 0 saturated heterocycles. The summed E-state index contributed by atoms with van der Waals surface area (Å²) in [7, 11) is 0. The average Bonchev–Trinajstić information content (AvgIpc) is 1.59. The number of pyridine rings is 1. The van der Waals surface area contributed by atoms with Crippen LogP contribution in [0.2, 0.25) is 0 Å². The van der Waals surface area contributed by atoms with Gasteiger partial charge in [-0.15, -0.1) is 11.3 Å². The molecule has 0 amide bonds. The lowest BCUT2D eigenvalue weighted by atomic mass is 9.90. The van der Waals surface area contributed by atoms with Crippen molar-refractivity contribution in [1.29, 1.82) is 0 Å². The summed E-state index contributed by atoms with van der Waals surface area (Å²) in [5, 5.41) is 14.5. The summed E-state index contributed by atoms with van der Waals surface area (Å²) in [6.45, 7) is 6.71. The van der Waals surface area contributed by atoms with Crippen molar-refractivity contribution in [3.8, 4) is 168 Å². The number of para-hydroxylation sites is 3. The highest BCUT2D eigenvalue weighted by Crippen LogP contribution is 2.47. The highest BCUT2D eigenvalue weighted by molar-refractivity contribution is 7.26. The maximum atomic E-state index is 5.45. The van der Waals surface area contributed by atoms with Gasteiger partial charge in [-0.2, -0.15) is 0 Å². The number of fused-ring (bicyclic) bond motifs is 15. The average molecular weight is 1900 g/mol. The molecule has 27 rings (SSSR count). The number of hydrogen-bond acceptors (Lipinski definition) is 7. The van der Waals surface area contributed by atoms with E-state index in [1.54, 1.807) is 0 Å². The third kappa shape index (κ3) is 16.3. The number of allylic oxidation sites excluding steroid dienone is 5. The molecule has 0 bridgehead atoms. The Kier molecular flexibility index (Phi) is 22.0. The lowest BCUT2D eigenvalue weighted by Crippen LogP contribution is -2.02. The first-order chi connectivity index (χ1) is 73.1. The maximum Gasteiger partial charge on any atom is 0.164 e. The summed E-state index contributed by atoms with van der Waals surface area (Å²) in [5.41, 5.74) is 35.4. The maximum absolute atomic E-state index is 5.45. The Morgan fingerprint density at radius 2 is 0.581 bits per heavy atom. The van der Waals surface area contributed by atoms with E-state index in [1.165, 1.54) is 85.5 Å². The van der Waals surface area contributed by atoms with Crippen molar-refractivity contribution < 1.29 is 0 Å². The van der Waals surface area contributed by atoms with E-state index in [9.17, 15) is 0 Å². The molecular formula is C139H90N8S. The highest BCUT2D eigenvalue weighted by Gasteiger charge is 2.25. The lowest BCUT2D eigenvalue weighted by molar-refractivity contribution is 1.03. The van der Waals surface area contributed by atoms with Crippen molar-refractivity contribution in [1.82, 2.24) is 39.0 Å². The van der Waals surface area contributed by atoms with E-state index in [0.717, 1.165) is 178 Å². The fourth-order valence-corrected chi connectivity index (χ4v) is 22.9. The Morgan fingerprint density at radius 1 is 0.223 bits per heavy atom. The molecule has 0 saturated carbocycles. The number of hydrogen-bond donors (Lipinski definition) is 0. The zero-order valence-electron chi connectivity index (χ0n) is 80.8. The SMILES string of the molecule is C=C(/C=C\C=C(/C)c1nc(-c2ccccc2)nc(-c2ccc(-c3cccc(-c4cc(-c5cccc(-c6ccc(-c7cccc(-c8cccc9c8sc8ccccc89)c7)cc6)c5)cc(-c5ccccc5)n4)c3)cc2)n1)c1cccc(-c2ccc3c4ccccc4c4cc(-c5ccc6c(c5)c5ccccc5n6-c5cc(-c6nc(-c7ccccc7)cc(-c7ccccc7)n6)cc(-n6c7ccccc7c7ccccc76)c5)ccc4c3c2)c1. The highest BCUT2D eigenvalue weighted by atomic mass is 32.1. The Bertz CT molecular complexity index is 9940. The number of nitrogens with zero attached hydrogens (tertiary/aromatic N) is 8. The van der Waals surface area contributed by atoms with Gasteiger partial charge in [0.05, 0.1) is 44.8 Å². The zero-order chi connectivity index (χ0) is 98.2. The molecule has 0 unspecified atom stereocenters. The second-order valence-corrected chi connectivity index (χ2v) is 39.2. The van der Waals surface area contributed by atoms with Crippen LogP contribution in [0.1, 0.15) is 18.3 Å². The van der Waals surface area contributed by atoms with Crippen molar-refractivity contribution in [3.05, 3.63) is 534 Å². The largest absolute Gasteiger partial charge is 0.309 e. The minimum absolute atomic E-state index is 0.577. The van der Waals surface area contributed by atoms with E-state index in [1.807, 2.05) is 59.9 Å². The van der Waals surface area contributed by atoms with Gasteiger partial charge in [0.2, 0.25) is 0 Å². The first kappa shape index (κ1) is 87.7. The van der Waals surface area contributed by atoms with Crippen LogP contribution in [-0.4, -0.2) is 39.0 Å². The molecule has 6 aromatic heterocycles. The molecule has 148 heavy (non-hydrogen) atoms. The van der Waals surface area contributed by atoms with Crippen LogP contribution in [0.3, 0.4) is 0 Å². The van der Waals surface area contributed by atoms with Gasteiger partial charge in [0.1, 0.15) is 0 Å². The van der Waals surface area contributed by atoms with Gasteiger partial charge >= 0.3 is 0 Å². The summed E-state index contributed by atoms with van der Waals surface area (Å²) in [6, 6.07) is 179. The third-order valence-corrected chi connectivity index (χ3v) is 30.3. The van der Waals surface area contributed by atoms with Gasteiger partial charge < -0.3 is 9.13 Å². The Hall–Kier alpha value is -19.3. The Morgan fingerprint density at radius 3 is 1.14 bits per heavy atom. The van der Waals surface area contributed by atoms with Crippen molar-refractivity contribution in [2.24, 2.45) is 0 Å². The van der Waals surface area contributed by atoms with E-state index >= 15 is 0 Å². The summed E-state index contributed by atoms with van der Waals surface area (Å²) in [6.07, 6.45) is 6.18. The minimum atomic E-state index is 0.577. The van der Waals surface area contributed by atoms with Crippen LogP contribution < -0.4 is 0 Å². The topological polar surface area (TPSA) is 87.2 Å². The van der Waals surface area contributed by atoms with Gasteiger partial charge in [-0.05, 0) is 243 Å². The van der Waals surface area contributed by atoms with Gasteiger partial charge in [0.25, 0.3) is 0 Å². The summed E-state index contributed by atoms with van der Waals surface area (Å²) in [4.78, 5) is 31.8. The Labute approximate surface area is 860 Å². The van der Waals surface area contributed by atoms with E-state index in [4.69, 9.17) is 29.9 Å². The predicted octanol–water partition coefficient (Wildman–Crippen LogP) is 37.1. The molecule has 0 aliphatic carbocycles. The van der Waals surface area contributed by atoms with Gasteiger partial charge in [-0.25, -0.2) is 29.9 Å². The smallest absolute Gasteiger partial charge is 0.164 e. The molecule has 0 radical (unpaired) electrons. The molecule has 6 heterocycles. The molecule has 692 valence electrons. The number of benzene rings is 21. The van der Waals surface area contributed by atoms with Crippen molar-refractivity contribution >= 4 is 119 Å². The predicted molar refractivity (Wildman–Crippen MR) is 622 cm³/mol. The number of aromatic nitrogens is 8. The number of rotatable bonds is 20. The fourth-order valence-electron chi connectivity index (χ4n) is 21.6. The molecule has 0 fully saturated rings. The standard InChI is InChI=1S/C139H90N8S/c1-88(31-25-32-89(2)136-143-137(96-39-13-6-14-40-96)145-138(144-136)97-67-65-92(66-68-97)101-44-29-48-108(78-101)127-85-109(84-126(140-127)93-33-7-3-8-34-93)103-46-27-42-99(76-103)90-61-63-91(64-62-90)100-43-28-47-107(77-100)113-55-30-56-122-121-54-20-24-60-134(121)148-135(113)122)98-41-26-45-102(75-98)104-69-72-116-114-49-15-16-50-115(114)123-82-105(70-73-117(123)124(116)81-104)106-71-74-133-125(83-106)120-53-19-23-59-132(120)147(133)112-80-110(79-111(86-112)146-130-57-21-17-51-118(130)119-52-18-22-58-131(119)146)139-141-128(94-35-9-4-10-36-94)87-129(142-139)95-37-11-5-12-38-95/h3-87H,1H2,2H3/b31-25-,89-32+. The second-order valence-electron chi connectivity index (χ2n) is 38.1. The quantitative estimate of drug-likeness (QED) is 0.0558. The van der Waals surface area contributed by atoms with Gasteiger partial charge in [-0.1, -0.05) is 413 Å². The monoisotopic (exact) mass is 1900 g/mol. The third-order valence-electron chi connectivity index (χ3n) is 29.1.